The summed E-state index contributed by atoms with van der Waals surface area (Å²) in [7, 11) is -0.803. The molecule has 0 saturated carbocycles. The van der Waals surface area contributed by atoms with Crippen molar-refractivity contribution in [2.45, 2.75) is 63.5 Å². The number of rotatable bonds is 5. The van der Waals surface area contributed by atoms with Crippen LogP contribution in [0, 0.1) is 5.92 Å². The zero-order valence-corrected chi connectivity index (χ0v) is 14.7. The van der Waals surface area contributed by atoms with E-state index in [0.29, 0.717) is 11.8 Å². The maximum Gasteiger partial charge on any atom is 0.0551 e. The van der Waals surface area contributed by atoms with Crippen molar-refractivity contribution in [3.63, 3.8) is 0 Å². The van der Waals surface area contributed by atoms with Crippen LogP contribution < -0.4 is 5.32 Å². The lowest BCUT2D eigenvalue weighted by Gasteiger charge is -2.38. The molecule has 1 N–H and O–H groups in total. The summed E-state index contributed by atoms with van der Waals surface area (Å²) in [4.78, 5) is 0. The lowest BCUT2D eigenvalue weighted by atomic mass is 9.80. The standard InChI is InChI=1S/C18H29NOS/c1-6-19-18-16-10-8-7-9-15(16)13(4)11-17(18)21(20)14(5)12(2)3/h7-10,12-14,17-19H,6,11H2,1-5H3. The first-order valence-corrected chi connectivity index (χ1v) is 9.46. The van der Waals surface area contributed by atoms with Gasteiger partial charge in [-0.3, -0.25) is 4.21 Å². The third kappa shape index (κ3) is 3.40. The highest BCUT2D eigenvalue weighted by molar-refractivity contribution is 7.86. The molecule has 1 aliphatic rings. The Hall–Kier alpha value is -0.670. The van der Waals surface area contributed by atoms with Crippen LogP contribution in [-0.4, -0.2) is 21.3 Å². The van der Waals surface area contributed by atoms with E-state index in [4.69, 9.17) is 0 Å². The first-order chi connectivity index (χ1) is 9.97. The van der Waals surface area contributed by atoms with Crippen LogP contribution >= 0.6 is 0 Å². The van der Waals surface area contributed by atoms with Gasteiger partial charge in [-0.05, 0) is 35.9 Å². The van der Waals surface area contributed by atoms with E-state index in [1.54, 1.807) is 0 Å². The largest absolute Gasteiger partial charge is 0.309 e. The monoisotopic (exact) mass is 307 g/mol. The summed E-state index contributed by atoms with van der Waals surface area (Å²) >= 11 is 0. The van der Waals surface area contributed by atoms with Gasteiger partial charge >= 0.3 is 0 Å². The fourth-order valence-electron chi connectivity index (χ4n) is 3.29. The van der Waals surface area contributed by atoms with Gasteiger partial charge in [0, 0.05) is 22.1 Å². The minimum atomic E-state index is -0.803. The first-order valence-electron chi connectivity index (χ1n) is 8.18. The van der Waals surface area contributed by atoms with Gasteiger partial charge in [-0.25, -0.2) is 0 Å². The Bertz CT molecular complexity index is 500. The van der Waals surface area contributed by atoms with Crippen molar-refractivity contribution in [1.82, 2.24) is 5.32 Å². The molecule has 5 unspecified atom stereocenters. The third-order valence-corrected chi connectivity index (χ3v) is 7.19. The highest BCUT2D eigenvalue weighted by atomic mass is 32.2. The predicted molar refractivity (Wildman–Crippen MR) is 92.1 cm³/mol. The number of nitrogens with one attached hydrogen (secondary N) is 1. The Morgan fingerprint density at radius 2 is 1.86 bits per heavy atom. The van der Waals surface area contributed by atoms with E-state index in [2.05, 4.69) is 64.2 Å². The van der Waals surface area contributed by atoms with E-state index in [-0.39, 0.29) is 16.5 Å². The van der Waals surface area contributed by atoms with Crippen LogP contribution in [0.3, 0.4) is 0 Å². The van der Waals surface area contributed by atoms with Gasteiger partial charge in [-0.2, -0.15) is 0 Å². The molecule has 0 bridgehead atoms. The maximum absolute atomic E-state index is 13.1. The molecular formula is C18H29NOS. The van der Waals surface area contributed by atoms with Crippen molar-refractivity contribution in [2.24, 2.45) is 5.92 Å². The van der Waals surface area contributed by atoms with Gasteiger partial charge < -0.3 is 5.32 Å². The molecule has 0 saturated heterocycles. The normalized spacial score (nSPS) is 28.2. The lowest BCUT2D eigenvalue weighted by molar-refractivity contribution is 0.440. The summed E-state index contributed by atoms with van der Waals surface area (Å²) in [6.45, 7) is 11.8. The fraction of sp³-hybridized carbons (Fsp3) is 0.667. The first kappa shape index (κ1) is 16.7. The average molecular weight is 308 g/mol. The average Bonchev–Trinajstić information content (AvgIpc) is 2.48. The summed E-state index contributed by atoms with van der Waals surface area (Å²) < 4.78 is 13.1. The van der Waals surface area contributed by atoms with Gasteiger partial charge in [0.25, 0.3) is 0 Å². The molecule has 1 aromatic carbocycles. The molecule has 0 aromatic heterocycles. The minimum absolute atomic E-state index is 0.215. The molecule has 0 amide bonds. The van der Waals surface area contributed by atoms with E-state index in [1.165, 1.54) is 11.1 Å². The number of fused-ring (bicyclic) bond motifs is 1. The van der Waals surface area contributed by atoms with E-state index in [1.807, 2.05) is 0 Å². The van der Waals surface area contributed by atoms with Gasteiger partial charge in [0.2, 0.25) is 0 Å². The van der Waals surface area contributed by atoms with Gasteiger partial charge in [0.1, 0.15) is 0 Å². The molecule has 0 heterocycles. The van der Waals surface area contributed by atoms with Gasteiger partial charge in [-0.15, -0.1) is 0 Å². The topological polar surface area (TPSA) is 29.1 Å². The predicted octanol–water partition coefficient (Wildman–Crippen LogP) is 4.01. The number of benzene rings is 1. The SMILES string of the molecule is CCNC1c2ccccc2C(C)CC1S(=O)C(C)C(C)C. The van der Waals surface area contributed by atoms with Crippen molar-refractivity contribution < 1.29 is 4.21 Å². The van der Waals surface area contributed by atoms with Crippen molar-refractivity contribution >= 4 is 10.8 Å². The Balaban J connectivity index is 2.36. The van der Waals surface area contributed by atoms with Crippen molar-refractivity contribution in [3.05, 3.63) is 35.4 Å². The minimum Gasteiger partial charge on any atom is -0.309 e. The van der Waals surface area contributed by atoms with Crippen LogP contribution in [0.2, 0.25) is 0 Å². The van der Waals surface area contributed by atoms with E-state index < -0.39 is 10.8 Å². The van der Waals surface area contributed by atoms with Crippen molar-refractivity contribution in [3.8, 4) is 0 Å². The third-order valence-electron chi connectivity index (χ3n) is 4.85. The molecule has 0 fully saturated rings. The molecule has 2 rings (SSSR count). The maximum atomic E-state index is 13.1. The summed E-state index contributed by atoms with van der Waals surface area (Å²) in [5.74, 6) is 0.949. The zero-order chi connectivity index (χ0) is 15.6. The molecule has 2 nitrogen and oxygen atoms in total. The summed E-state index contributed by atoms with van der Waals surface area (Å²) in [5, 5.41) is 4.05. The Labute approximate surface area is 132 Å². The second-order valence-corrected chi connectivity index (χ2v) is 8.62. The van der Waals surface area contributed by atoms with Crippen LogP contribution in [0.15, 0.2) is 24.3 Å². The molecule has 0 radical (unpaired) electrons. The Kier molecular flexibility index (Phi) is 5.61. The summed E-state index contributed by atoms with van der Waals surface area (Å²) in [5.41, 5.74) is 2.78. The van der Waals surface area contributed by atoms with E-state index in [0.717, 1.165) is 13.0 Å². The molecule has 21 heavy (non-hydrogen) atoms. The number of hydrogen-bond acceptors (Lipinski definition) is 2. The second kappa shape index (κ2) is 7.06. The van der Waals surface area contributed by atoms with Gasteiger partial charge in [0.05, 0.1) is 5.25 Å². The smallest absolute Gasteiger partial charge is 0.0551 e. The highest BCUT2D eigenvalue weighted by Gasteiger charge is 2.38. The lowest BCUT2D eigenvalue weighted by Crippen LogP contribution is -2.42. The highest BCUT2D eigenvalue weighted by Crippen LogP contribution is 2.40. The fourth-order valence-corrected chi connectivity index (χ4v) is 5.37. The molecule has 1 aliphatic carbocycles. The van der Waals surface area contributed by atoms with E-state index >= 15 is 0 Å². The molecule has 5 atom stereocenters. The molecule has 1 aromatic rings. The molecule has 0 spiro atoms. The molecular weight excluding hydrogens is 278 g/mol. The van der Waals surface area contributed by atoms with E-state index in [9.17, 15) is 4.21 Å². The van der Waals surface area contributed by atoms with Crippen LogP contribution in [-0.2, 0) is 10.8 Å². The van der Waals surface area contributed by atoms with Gasteiger partial charge in [0.15, 0.2) is 0 Å². The number of hydrogen-bond donors (Lipinski definition) is 1. The molecule has 0 aliphatic heterocycles. The zero-order valence-electron chi connectivity index (χ0n) is 13.9. The summed E-state index contributed by atoms with van der Waals surface area (Å²) in [6, 6.07) is 8.89. The Morgan fingerprint density at radius 1 is 1.24 bits per heavy atom. The quantitative estimate of drug-likeness (QED) is 0.890. The van der Waals surface area contributed by atoms with Gasteiger partial charge in [-0.1, -0.05) is 58.9 Å². The molecule has 3 heteroatoms. The van der Waals surface area contributed by atoms with Crippen LogP contribution in [0.4, 0.5) is 0 Å². The van der Waals surface area contributed by atoms with Crippen LogP contribution in [0.25, 0.3) is 0 Å². The Morgan fingerprint density at radius 3 is 2.43 bits per heavy atom. The van der Waals surface area contributed by atoms with Crippen LogP contribution in [0.5, 0.6) is 0 Å². The second-order valence-electron chi connectivity index (χ2n) is 6.62. The van der Waals surface area contributed by atoms with Crippen LogP contribution in [0.1, 0.15) is 64.1 Å². The molecule has 118 valence electrons. The van der Waals surface area contributed by atoms with Crippen molar-refractivity contribution in [2.75, 3.05) is 6.54 Å². The van der Waals surface area contributed by atoms with Crippen molar-refractivity contribution in [1.29, 1.82) is 0 Å². The summed E-state index contributed by atoms with van der Waals surface area (Å²) in [6.07, 6.45) is 1.01.